The molecular weight excluding hydrogens is 470 g/mol. The second kappa shape index (κ2) is 8.57. The summed E-state index contributed by atoms with van der Waals surface area (Å²) in [6.07, 6.45) is 2.44. The van der Waals surface area contributed by atoms with Crippen molar-refractivity contribution in [2.24, 2.45) is 0 Å². The van der Waals surface area contributed by atoms with Crippen LogP contribution in [0, 0.1) is 6.92 Å². The minimum absolute atomic E-state index is 0.102. The van der Waals surface area contributed by atoms with Gasteiger partial charge >= 0.3 is 6.09 Å². The number of aryl methyl sites for hydroxylation is 1. The van der Waals surface area contributed by atoms with Crippen molar-refractivity contribution in [3.8, 4) is 11.3 Å². The predicted octanol–water partition coefficient (Wildman–Crippen LogP) is 3.82. The molecule has 3 N–H and O–H groups in total. The number of morpholine rings is 1. The van der Waals surface area contributed by atoms with Gasteiger partial charge in [-0.25, -0.2) is 14.8 Å². The molecule has 2 fully saturated rings. The maximum absolute atomic E-state index is 12.3. The number of hydrogen-bond acceptors (Lipinski definition) is 7. The molecule has 2 aromatic heterocycles. The lowest BCUT2D eigenvalue weighted by Crippen LogP contribution is -2.47. The number of nitrogens with zero attached hydrogens (tertiary/aromatic N) is 4. The van der Waals surface area contributed by atoms with E-state index in [2.05, 4.69) is 4.98 Å². The minimum Gasteiger partial charge on any atom is -0.444 e. The Balaban J connectivity index is 1.37. The summed E-state index contributed by atoms with van der Waals surface area (Å²) in [7, 11) is 0. The zero-order chi connectivity index (χ0) is 25.9. The van der Waals surface area contributed by atoms with E-state index in [4.69, 9.17) is 20.2 Å². The summed E-state index contributed by atoms with van der Waals surface area (Å²) in [6.45, 7) is 6.38. The number of carbonyl (C=O) groups excluding carboxylic acids is 1. The third-order valence-corrected chi connectivity index (χ3v) is 7.49. The van der Waals surface area contributed by atoms with Gasteiger partial charge in [0.25, 0.3) is 0 Å². The molecule has 6 rings (SSSR count). The Kier molecular flexibility index (Phi) is 5.43. The molecule has 0 unspecified atom stereocenters. The van der Waals surface area contributed by atoms with Crippen molar-refractivity contribution in [3.63, 3.8) is 0 Å². The van der Waals surface area contributed by atoms with Gasteiger partial charge in [-0.3, -0.25) is 9.30 Å². The van der Waals surface area contributed by atoms with Crippen LogP contribution in [0.3, 0.4) is 0 Å². The third kappa shape index (κ3) is 3.82. The molecule has 2 aliphatic rings. The lowest BCUT2D eigenvalue weighted by Gasteiger charge is -2.33. The van der Waals surface area contributed by atoms with Crippen LogP contribution in [0.4, 0.5) is 10.6 Å². The quantitative estimate of drug-likeness (QED) is 0.439. The van der Waals surface area contributed by atoms with Crippen molar-refractivity contribution in [1.29, 1.82) is 0 Å². The monoisotopic (exact) mass is 499 g/mol. The molecule has 4 aromatic rings. The molecule has 0 radical (unpaired) electrons. The second-order valence-corrected chi connectivity index (χ2v) is 10.00. The number of hydrogen-bond donors (Lipinski definition) is 2. The van der Waals surface area contributed by atoms with Gasteiger partial charge < -0.3 is 20.3 Å². The Morgan fingerprint density at radius 3 is 2.70 bits per heavy atom. The molecule has 9 heteroatoms. The van der Waals surface area contributed by atoms with Crippen LogP contribution in [-0.2, 0) is 15.1 Å². The topological polar surface area (TPSA) is 115 Å². The first-order chi connectivity index (χ1) is 17.7. The molecule has 37 heavy (non-hydrogen) atoms. The average molecular weight is 500 g/mol. The molecular formula is C28H29N5O4. The lowest BCUT2D eigenvalue weighted by molar-refractivity contribution is -0.0470. The maximum Gasteiger partial charge on any atom is 0.410 e. The van der Waals surface area contributed by atoms with E-state index in [1.54, 1.807) is 24.2 Å². The number of carbonyl (C=O) groups is 1. The summed E-state index contributed by atoms with van der Waals surface area (Å²) in [5.41, 5.74) is 9.99. The fourth-order valence-electron chi connectivity index (χ4n) is 5.31. The molecule has 2 aromatic carbocycles. The van der Waals surface area contributed by atoms with Crippen molar-refractivity contribution in [2.75, 3.05) is 18.9 Å². The van der Waals surface area contributed by atoms with Crippen LogP contribution in [0.15, 0.2) is 60.9 Å². The Morgan fingerprint density at radius 1 is 1.16 bits per heavy atom. The summed E-state index contributed by atoms with van der Waals surface area (Å²) in [4.78, 5) is 23.3. The molecule has 4 atom stereocenters. The van der Waals surface area contributed by atoms with Gasteiger partial charge in [-0.2, -0.15) is 0 Å². The molecule has 190 valence electrons. The van der Waals surface area contributed by atoms with Gasteiger partial charge in [-0.15, -0.1) is 0 Å². The standard InChI is InChI=1S/C28H29N5O4/c1-16-5-4-6-20(13-16)28(3,35)19-9-7-18(8-10-19)23-24-25(29)30-11-12-32(24)26(31-23)22-14-33-21(15-36-22)17(2)37-27(33)34/h4-13,17,21-22,35H,14-15H2,1-3H3,(H2,29,30)/t17-,21+,22-,28-/m1/s1. The molecule has 0 spiro atoms. The summed E-state index contributed by atoms with van der Waals surface area (Å²) in [5, 5.41) is 11.3. The Labute approximate surface area is 214 Å². The van der Waals surface area contributed by atoms with Crippen LogP contribution in [0.25, 0.3) is 16.8 Å². The van der Waals surface area contributed by atoms with Crippen LogP contribution in [0.2, 0.25) is 0 Å². The molecule has 1 amide bonds. The first kappa shape index (κ1) is 23.4. The summed E-state index contributed by atoms with van der Waals surface area (Å²) in [6, 6.07) is 15.4. The smallest absolute Gasteiger partial charge is 0.410 e. The number of rotatable bonds is 4. The fourth-order valence-corrected chi connectivity index (χ4v) is 5.31. The lowest BCUT2D eigenvalue weighted by atomic mass is 9.87. The molecule has 2 aliphatic heterocycles. The SMILES string of the molecule is Cc1cccc([C@](C)(O)c2ccc(-c3nc([C@H]4CN5C(=O)O[C@H](C)[C@@H]5CO4)n4ccnc(N)c34)cc2)c1. The number of amides is 1. The van der Waals surface area contributed by atoms with Gasteiger partial charge in [-0.1, -0.05) is 54.1 Å². The van der Waals surface area contributed by atoms with E-state index >= 15 is 0 Å². The van der Waals surface area contributed by atoms with Crippen molar-refractivity contribution in [1.82, 2.24) is 19.3 Å². The summed E-state index contributed by atoms with van der Waals surface area (Å²) in [5.74, 6) is 0.982. The summed E-state index contributed by atoms with van der Waals surface area (Å²) < 4.78 is 13.4. The number of anilines is 1. The van der Waals surface area contributed by atoms with Gasteiger partial charge in [0.2, 0.25) is 0 Å². The number of nitrogens with two attached hydrogens (primary N) is 1. The number of cyclic esters (lactones) is 1. The molecule has 0 saturated carbocycles. The second-order valence-electron chi connectivity index (χ2n) is 10.00. The Hall–Kier alpha value is -3.95. The first-order valence-electron chi connectivity index (χ1n) is 12.4. The molecule has 4 heterocycles. The van der Waals surface area contributed by atoms with Gasteiger partial charge in [0.1, 0.15) is 40.7 Å². The normalized spacial score (nSPS) is 23.1. The average Bonchev–Trinajstić information content (AvgIpc) is 3.42. The predicted molar refractivity (Wildman–Crippen MR) is 138 cm³/mol. The van der Waals surface area contributed by atoms with Crippen LogP contribution in [0.5, 0.6) is 0 Å². The van der Waals surface area contributed by atoms with E-state index in [1.807, 2.05) is 66.8 Å². The minimum atomic E-state index is -1.15. The van der Waals surface area contributed by atoms with Crippen LogP contribution in [0.1, 0.15) is 42.5 Å². The molecule has 9 nitrogen and oxygen atoms in total. The van der Waals surface area contributed by atoms with E-state index in [0.717, 1.165) is 22.3 Å². The van der Waals surface area contributed by atoms with Crippen molar-refractivity contribution in [2.45, 2.75) is 44.6 Å². The van der Waals surface area contributed by atoms with Gasteiger partial charge in [-0.05, 0) is 31.9 Å². The van der Waals surface area contributed by atoms with Crippen molar-refractivity contribution >= 4 is 17.4 Å². The fraction of sp³-hybridized carbons (Fsp3) is 0.321. The van der Waals surface area contributed by atoms with Gasteiger partial charge in [0, 0.05) is 18.0 Å². The highest BCUT2D eigenvalue weighted by Crippen LogP contribution is 2.36. The zero-order valence-corrected chi connectivity index (χ0v) is 21.0. The van der Waals surface area contributed by atoms with E-state index in [9.17, 15) is 9.90 Å². The number of aromatic nitrogens is 3. The van der Waals surface area contributed by atoms with E-state index in [1.165, 1.54) is 0 Å². The Bertz CT molecular complexity index is 1500. The number of fused-ring (bicyclic) bond motifs is 2. The zero-order valence-electron chi connectivity index (χ0n) is 21.0. The number of aliphatic hydroxyl groups is 1. The number of imidazole rings is 1. The van der Waals surface area contributed by atoms with E-state index in [-0.39, 0.29) is 18.2 Å². The highest BCUT2D eigenvalue weighted by Gasteiger charge is 2.45. The highest BCUT2D eigenvalue weighted by molar-refractivity contribution is 5.85. The van der Waals surface area contributed by atoms with Crippen LogP contribution < -0.4 is 5.73 Å². The number of benzene rings is 2. The van der Waals surface area contributed by atoms with Gasteiger partial charge in [0.15, 0.2) is 0 Å². The Morgan fingerprint density at radius 2 is 1.95 bits per heavy atom. The van der Waals surface area contributed by atoms with Crippen molar-refractivity contribution in [3.05, 3.63) is 83.4 Å². The largest absolute Gasteiger partial charge is 0.444 e. The van der Waals surface area contributed by atoms with Crippen molar-refractivity contribution < 1.29 is 19.4 Å². The van der Waals surface area contributed by atoms with E-state index < -0.39 is 11.7 Å². The van der Waals surface area contributed by atoms with Crippen LogP contribution in [-0.4, -0.2) is 55.8 Å². The summed E-state index contributed by atoms with van der Waals surface area (Å²) >= 11 is 0. The number of nitrogen functional groups attached to an aromatic ring is 1. The van der Waals surface area contributed by atoms with Crippen LogP contribution >= 0.6 is 0 Å². The number of ether oxygens (including phenoxy) is 2. The molecule has 2 saturated heterocycles. The van der Waals surface area contributed by atoms with E-state index in [0.29, 0.717) is 36.0 Å². The third-order valence-electron chi connectivity index (χ3n) is 7.49. The molecule has 0 bridgehead atoms. The first-order valence-corrected chi connectivity index (χ1v) is 12.4. The highest BCUT2D eigenvalue weighted by atomic mass is 16.6. The molecule has 0 aliphatic carbocycles. The van der Waals surface area contributed by atoms with Gasteiger partial charge in [0.05, 0.1) is 19.2 Å². The maximum atomic E-state index is 12.3.